The van der Waals surface area contributed by atoms with Crippen LogP contribution < -0.4 is 16.2 Å². The van der Waals surface area contributed by atoms with Crippen LogP contribution in [0, 0.1) is 6.92 Å². The van der Waals surface area contributed by atoms with Gasteiger partial charge in [0.15, 0.2) is 0 Å². The van der Waals surface area contributed by atoms with Crippen molar-refractivity contribution in [2.24, 2.45) is 5.14 Å². The molecule has 0 radical (unpaired) electrons. The number of nitrogens with one attached hydrogen (secondary N) is 1. The molecule has 0 aliphatic heterocycles. The van der Waals surface area contributed by atoms with Crippen LogP contribution in [-0.4, -0.2) is 13.4 Å². The van der Waals surface area contributed by atoms with Gasteiger partial charge in [-0.25, -0.2) is 18.5 Å². The van der Waals surface area contributed by atoms with Gasteiger partial charge < -0.3 is 11.1 Å². The zero-order chi connectivity index (χ0) is 14.0. The molecule has 2 rings (SSSR count). The molecule has 102 valence electrons. The number of benzene rings is 1. The summed E-state index contributed by atoms with van der Waals surface area (Å²) in [5.41, 5.74) is 7.65. The molecule has 0 saturated heterocycles. The summed E-state index contributed by atoms with van der Waals surface area (Å²) in [4.78, 5) is 4.33. The zero-order valence-electron chi connectivity index (χ0n) is 10.3. The number of rotatable bonds is 4. The Morgan fingerprint density at radius 2 is 2.16 bits per heavy atom. The maximum atomic E-state index is 11.3. The van der Waals surface area contributed by atoms with E-state index < -0.39 is 10.0 Å². The maximum absolute atomic E-state index is 11.3. The summed E-state index contributed by atoms with van der Waals surface area (Å²) in [6, 6.07) is 4.31. The predicted molar refractivity (Wildman–Crippen MR) is 76.4 cm³/mol. The summed E-state index contributed by atoms with van der Waals surface area (Å²) >= 11 is 1.55. The van der Waals surface area contributed by atoms with Gasteiger partial charge in [0.25, 0.3) is 0 Å². The Bertz CT molecular complexity index is 694. The second-order valence-electron chi connectivity index (χ2n) is 4.01. The lowest BCUT2D eigenvalue weighted by atomic mass is 10.2. The number of anilines is 2. The Kier molecular flexibility index (Phi) is 3.74. The lowest BCUT2D eigenvalue weighted by molar-refractivity contribution is 0.598. The molecule has 0 saturated carbocycles. The number of primary sulfonamides is 1. The van der Waals surface area contributed by atoms with Crippen LogP contribution in [0.3, 0.4) is 0 Å². The van der Waals surface area contributed by atoms with Gasteiger partial charge in [-0.2, -0.15) is 0 Å². The second kappa shape index (κ2) is 5.16. The first-order valence-electron chi connectivity index (χ1n) is 5.43. The van der Waals surface area contributed by atoms with Crippen LogP contribution in [0.4, 0.5) is 11.4 Å². The molecule has 2 aromatic rings. The van der Waals surface area contributed by atoms with Crippen molar-refractivity contribution in [1.82, 2.24) is 4.98 Å². The van der Waals surface area contributed by atoms with Crippen molar-refractivity contribution in [2.75, 3.05) is 11.1 Å². The summed E-state index contributed by atoms with van der Waals surface area (Å²) in [6.07, 6.45) is 0. The largest absolute Gasteiger partial charge is 0.397 e. The van der Waals surface area contributed by atoms with E-state index in [2.05, 4.69) is 10.3 Å². The zero-order valence-corrected chi connectivity index (χ0v) is 11.9. The molecule has 0 fully saturated rings. The van der Waals surface area contributed by atoms with E-state index >= 15 is 0 Å². The van der Waals surface area contributed by atoms with Crippen molar-refractivity contribution < 1.29 is 8.42 Å². The lowest BCUT2D eigenvalue weighted by Gasteiger charge is -2.09. The van der Waals surface area contributed by atoms with Crippen molar-refractivity contribution >= 4 is 32.7 Å². The minimum Gasteiger partial charge on any atom is -0.397 e. The van der Waals surface area contributed by atoms with E-state index in [1.165, 1.54) is 18.2 Å². The number of sulfonamides is 1. The Hall–Kier alpha value is -1.64. The van der Waals surface area contributed by atoms with E-state index in [0.717, 1.165) is 10.7 Å². The average Bonchev–Trinajstić information content (AvgIpc) is 2.72. The van der Waals surface area contributed by atoms with Crippen LogP contribution in [0.25, 0.3) is 0 Å². The van der Waals surface area contributed by atoms with Gasteiger partial charge in [-0.1, -0.05) is 0 Å². The Balaban J connectivity index is 2.20. The van der Waals surface area contributed by atoms with Crippen molar-refractivity contribution in [1.29, 1.82) is 0 Å². The molecule has 1 heterocycles. The van der Waals surface area contributed by atoms with Crippen LogP contribution in [0.15, 0.2) is 28.5 Å². The standard InChI is InChI=1S/C11H14N4O2S2/c1-7-15-8(6-18-7)5-14-11-4-9(19(13,16)17)2-3-10(11)12/h2-4,6,14H,5,12H2,1H3,(H2,13,16,17). The molecule has 0 aliphatic carbocycles. The smallest absolute Gasteiger partial charge is 0.238 e. The number of hydrogen-bond acceptors (Lipinski definition) is 6. The number of aromatic nitrogens is 1. The fourth-order valence-corrected chi connectivity index (χ4v) is 2.69. The third-order valence-electron chi connectivity index (χ3n) is 2.48. The van der Waals surface area contributed by atoms with Crippen LogP contribution in [-0.2, 0) is 16.6 Å². The van der Waals surface area contributed by atoms with Crippen LogP contribution in [0.1, 0.15) is 10.7 Å². The highest BCUT2D eigenvalue weighted by atomic mass is 32.2. The lowest BCUT2D eigenvalue weighted by Crippen LogP contribution is -2.13. The van der Waals surface area contributed by atoms with E-state index in [1.54, 1.807) is 11.3 Å². The number of nitrogens with two attached hydrogens (primary N) is 2. The maximum Gasteiger partial charge on any atom is 0.238 e. The predicted octanol–water partition coefficient (Wildman–Crippen LogP) is 1.29. The first-order valence-corrected chi connectivity index (χ1v) is 7.86. The molecule has 1 aromatic heterocycles. The number of nitrogen functional groups attached to an aromatic ring is 1. The summed E-state index contributed by atoms with van der Waals surface area (Å²) in [5, 5.41) is 11.0. The van der Waals surface area contributed by atoms with Gasteiger partial charge in [-0.05, 0) is 25.1 Å². The van der Waals surface area contributed by atoms with E-state index in [0.29, 0.717) is 17.9 Å². The molecule has 1 aromatic carbocycles. The highest BCUT2D eigenvalue weighted by molar-refractivity contribution is 7.89. The fraction of sp³-hybridized carbons (Fsp3) is 0.182. The molecule has 0 spiro atoms. The van der Waals surface area contributed by atoms with Crippen LogP contribution in [0.5, 0.6) is 0 Å². The summed E-state index contributed by atoms with van der Waals surface area (Å²) in [5.74, 6) is 0. The van der Waals surface area contributed by atoms with Crippen molar-refractivity contribution in [3.63, 3.8) is 0 Å². The highest BCUT2D eigenvalue weighted by Gasteiger charge is 2.10. The van der Waals surface area contributed by atoms with E-state index in [4.69, 9.17) is 10.9 Å². The molecule has 0 unspecified atom stereocenters. The minimum atomic E-state index is -3.73. The molecule has 8 heteroatoms. The highest BCUT2D eigenvalue weighted by Crippen LogP contribution is 2.23. The first-order chi connectivity index (χ1) is 8.86. The van der Waals surface area contributed by atoms with Crippen molar-refractivity contribution in [3.05, 3.63) is 34.3 Å². The molecular weight excluding hydrogens is 284 g/mol. The summed E-state index contributed by atoms with van der Waals surface area (Å²) in [7, 11) is -3.73. The van der Waals surface area contributed by atoms with Gasteiger partial charge in [0, 0.05) is 5.38 Å². The summed E-state index contributed by atoms with van der Waals surface area (Å²) < 4.78 is 22.5. The minimum absolute atomic E-state index is 0.0265. The Morgan fingerprint density at radius 3 is 2.74 bits per heavy atom. The van der Waals surface area contributed by atoms with E-state index in [1.807, 2.05) is 12.3 Å². The van der Waals surface area contributed by atoms with Gasteiger partial charge in [-0.15, -0.1) is 11.3 Å². The molecule has 0 bridgehead atoms. The van der Waals surface area contributed by atoms with Gasteiger partial charge in [0.05, 0.1) is 33.5 Å². The van der Waals surface area contributed by atoms with Gasteiger partial charge in [0.1, 0.15) is 0 Å². The average molecular weight is 298 g/mol. The number of hydrogen-bond donors (Lipinski definition) is 3. The number of nitrogens with zero attached hydrogens (tertiary/aromatic N) is 1. The third-order valence-corrected chi connectivity index (χ3v) is 4.21. The molecule has 19 heavy (non-hydrogen) atoms. The molecule has 5 N–H and O–H groups in total. The summed E-state index contributed by atoms with van der Waals surface area (Å²) in [6.45, 7) is 2.40. The SMILES string of the molecule is Cc1nc(CNc2cc(S(N)(=O)=O)ccc2N)cs1. The fourth-order valence-electron chi connectivity index (χ4n) is 1.54. The number of aryl methyl sites for hydroxylation is 1. The van der Waals surface area contributed by atoms with E-state index in [-0.39, 0.29) is 4.90 Å². The number of thiazole rings is 1. The van der Waals surface area contributed by atoms with Gasteiger partial charge >= 0.3 is 0 Å². The molecule has 0 aliphatic rings. The van der Waals surface area contributed by atoms with Gasteiger partial charge in [-0.3, -0.25) is 0 Å². The van der Waals surface area contributed by atoms with Gasteiger partial charge in [0.2, 0.25) is 10.0 Å². The monoisotopic (exact) mass is 298 g/mol. The topological polar surface area (TPSA) is 111 Å². The molecule has 0 amide bonds. The third kappa shape index (κ3) is 3.43. The van der Waals surface area contributed by atoms with Crippen molar-refractivity contribution in [2.45, 2.75) is 18.4 Å². The first kappa shape index (κ1) is 13.8. The van der Waals surface area contributed by atoms with Crippen LogP contribution >= 0.6 is 11.3 Å². The molecule has 0 atom stereocenters. The van der Waals surface area contributed by atoms with Crippen LogP contribution in [0.2, 0.25) is 0 Å². The molecular formula is C11H14N4O2S2. The van der Waals surface area contributed by atoms with Crippen molar-refractivity contribution in [3.8, 4) is 0 Å². The Morgan fingerprint density at radius 1 is 1.42 bits per heavy atom. The van der Waals surface area contributed by atoms with E-state index in [9.17, 15) is 8.42 Å². The Labute approximate surface area is 115 Å². The molecule has 6 nitrogen and oxygen atoms in total. The second-order valence-corrected chi connectivity index (χ2v) is 6.63. The quantitative estimate of drug-likeness (QED) is 0.737. The normalized spacial score (nSPS) is 11.5.